The summed E-state index contributed by atoms with van der Waals surface area (Å²) in [6.45, 7) is 5.07. The average molecular weight is 298 g/mol. The molecule has 0 bridgehead atoms. The van der Waals surface area contributed by atoms with Crippen molar-refractivity contribution in [1.82, 2.24) is 9.78 Å². The van der Waals surface area contributed by atoms with Crippen molar-refractivity contribution in [2.45, 2.75) is 13.8 Å². The smallest absolute Gasteiger partial charge is 0.333 e. The molecule has 0 atom stereocenters. The van der Waals surface area contributed by atoms with Crippen LogP contribution in [0.25, 0.3) is 5.57 Å². The van der Waals surface area contributed by atoms with Gasteiger partial charge >= 0.3 is 5.69 Å². The van der Waals surface area contributed by atoms with Gasteiger partial charge in [0.2, 0.25) is 5.82 Å². The minimum Gasteiger partial charge on any atom is -0.343 e. The van der Waals surface area contributed by atoms with Crippen LogP contribution in [0.2, 0.25) is 0 Å². The quantitative estimate of drug-likeness (QED) is 0.645. The summed E-state index contributed by atoms with van der Waals surface area (Å²) in [6, 6.07) is 8.20. The number of aryl methyl sites for hydroxylation is 3. The molecule has 6 heteroatoms. The number of nitro groups is 1. The van der Waals surface area contributed by atoms with Crippen molar-refractivity contribution in [2.24, 2.45) is 7.05 Å². The summed E-state index contributed by atoms with van der Waals surface area (Å²) in [5, 5.41) is 15.5. The molecule has 0 aliphatic carbocycles. The van der Waals surface area contributed by atoms with E-state index in [1.807, 2.05) is 17.0 Å². The van der Waals surface area contributed by atoms with E-state index in [1.165, 1.54) is 16.7 Å². The number of hydrogen-bond donors (Lipinski definition) is 0. The highest BCUT2D eigenvalue weighted by Gasteiger charge is 2.30. The fourth-order valence-electron chi connectivity index (χ4n) is 3.05. The first kappa shape index (κ1) is 14.3. The van der Waals surface area contributed by atoms with Gasteiger partial charge in [0.05, 0.1) is 4.92 Å². The maximum atomic E-state index is 11.3. The highest BCUT2D eigenvalue weighted by atomic mass is 16.6. The lowest BCUT2D eigenvalue weighted by molar-refractivity contribution is -0.384. The summed E-state index contributed by atoms with van der Waals surface area (Å²) in [5.74, 6) is 0.572. The Bertz CT molecular complexity index is 776. The van der Waals surface area contributed by atoms with Crippen molar-refractivity contribution in [2.75, 3.05) is 18.0 Å². The predicted octanol–water partition coefficient (Wildman–Crippen LogP) is 2.85. The van der Waals surface area contributed by atoms with E-state index < -0.39 is 0 Å². The first-order chi connectivity index (χ1) is 10.5. The van der Waals surface area contributed by atoms with Gasteiger partial charge in [0.25, 0.3) is 0 Å². The Kier molecular flexibility index (Phi) is 3.44. The summed E-state index contributed by atoms with van der Waals surface area (Å²) in [6.07, 6.45) is 2.13. The molecule has 0 amide bonds. The van der Waals surface area contributed by atoms with Crippen LogP contribution >= 0.6 is 0 Å². The van der Waals surface area contributed by atoms with Crippen LogP contribution in [0.3, 0.4) is 0 Å². The first-order valence-corrected chi connectivity index (χ1v) is 7.17. The van der Waals surface area contributed by atoms with E-state index in [9.17, 15) is 10.1 Å². The SMILES string of the molecule is Cc1ccccc1C1=CCN(c2c([N+](=O)[O-])c(C)nn2C)C1. The molecular formula is C16H18N4O2. The second kappa shape index (κ2) is 5.29. The van der Waals surface area contributed by atoms with Crippen molar-refractivity contribution in [1.29, 1.82) is 0 Å². The van der Waals surface area contributed by atoms with Crippen molar-refractivity contribution in [3.63, 3.8) is 0 Å². The topological polar surface area (TPSA) is 64.2 Å². The van der Waals surface area contributed by atoms with Crippen LogP contribution in [-0.2, 0) is 7.05 Å². The van der Waals surface area contributed by atoms with Gasteiger partial charge in [-0.25, -0.2) is 4.68 Å². The van der Waals surface area contributed by atoms with Crippen LogP contribution in [-0.4, -0.2) is 27.8 Å². The summed E-state index contributed by atoms with van der Waals surface area (Å²) in [4.78, 5) is 13.0. The molecular weight excluding hydrogens is 280 g/mol. The fraction of sp³-hybridized carbons (Fsp3) is 0.312. The zero-order chi connectivity index (χ0) is 15.9. The van der Waals surface area contributed by atoms with Crippen LogP contribution in [0.15, 0.2) is 30.3 Å². The molecule has 0 unspecified atom stereocenters. The molecule has 2 aromatic rings. The molecule has 0 saturated heterocycles. The van der Waals surface area contributed by atoms with Crippen LogP contribution in [0.5, 0.6) is 0 Å². The van der Waals surface area contributed by atoms with E-state index >= 15 is 0 Å². The lowest BCUT2D eigenvalue weighted by Crippen LogP contribution is -2.23. The number of nitrogens with zero attached hydrogens (tertiary/aromatic N) is 4. The van der Waals surface area contributed by atoms with Gasteiger partial charge in [0.1, 0.15) is 5.69 Å². The number of anilines is 1. The summed E-state index contributed by atoms with van der Waals surface area (Å²) < 4.78 is 1.60. The van der Waals surface area contributed by atoms with E-state index in [-0.39, 0.29) is 10.6 Å². The largest absolute Gasteiger partial charge is 0.343 e. The van der Waals surface area contributed by atoms with Crippen molar-refractivity contribution < 1.29 is 4.92 Å². The van der Waals surface area contributed by atoms with Crippen molar-refractivity contribution in [3.8, 4) is 0 Å². The van der Waals surface area contributed by atoms with Crippen LogP contribution in [0.1, 0.15) is 16.8 Å². The maximum Gasteiger partial charge on any atom is 0.333 e. The van der Waals surface area contributed by atoms with Gasteiger partial charge < -0.3 is 4.90 Å². The van der Waals surface area contributed by atoms with E-state index in [2.05, 4.69) is 30.2 Å². The number of rotatable bonds is 3. The monoisotopic (exact) mass is 298 g/mol. The third kappa shape index (κ3) is 2.26. The Morgan fingerprint density at radius 1 is 1.27 bits per heavy atom. The van der Waals surface area contributed by atoms with Gasteiger partial charge in [-0.3, -0.25) is 10.1 Å². The Balaban J connectivity index is 1.93. The molecule has 1 aromatic heterocycles. The van der Waals surface area contributed by atoms with E-state index in [0.29, 0.717) is 24.6 Å². The molecule has 0 spiro atoms. The molecule has 1 aliphatic heterocycles. The van der Waals surface area contributed by atoms with Gasteiger partial charge in [-0.2, -0.15) is 5.10 Å². The number of hydrogen-bond acceptors (Lipinski definition) is 4. The second-order valence-corrected chi connectivity index (χ2v) is 5.56. The molecule has 1 aliphatic rings. The maximum absolute atomic E-state index is 11.3. The Morgan fingerprint density at radius 2 is 2.00 bits per heavy atom. The third-order valence-corrected chi connectivity index (χ3v) is 4.05. The Hall–Kier alpha value is -2.63. The van der Waals surface area contributed by atoms with Crippen molar-refractivity contribution >= 4 is 17.1 Å². The van der Waals surface area contributed by atoms with E-state index in [1.54, 1.807) is 18.7 Å². The first-order valence-electron chi connectivity index (χ1n) is 7.17. The van der Waals surface area contributed by atoms with Gasteiger partial charge in [0, 0.05) is 20.1 Å². The number of aromatic nitrogens is 2. The highest BCUT2D eigenvalue weighted by molar-refractivity contribution is 5.77. The highest BCUT2D eigenvalue weighted by Crippen LogP contribution is 2.34. The van der Waals surface area contributed by atoms with Crippen LogP contribution in [0, 0.1) is 24.0 Å². The minimum atomic E-state index is -0.344. The van der Waals surface area contributed by atoms with Crippen LogP contribution in [0.4, 0.5) is 11.5 Å². The molecule has 114 valence electrons. The molecule has 2 heterocycles. The van der Waals surface area contributed by atoms with E-state index in [0.717, 1.165) is 0 Å². The van der Waals surface area contributed by atoms with Gasteiger partial charge in [-0.05, 0) is 30.5 Å². The predicted molar refractivity (Wildman–Crippen MR) is 86.0 cm³/mol. The van der Waals surface area contributed by atoms with Crippen LogP contribution < -0.4 is 4.90 Å². The normalized spacial score (nSPS) is 14.3. The summed E-state index contributed by atoms with van der Waals surface area (Å²) in [5.41, 5.74) is 4.16. The van der Waals surface area contributed by atoms with Gasteiger partial charge in [0.15, 0.2) is 0 Å². The lowest BCUT2D eigenvalue weighted by atomic mass is 10.0. The molecule has 0 saturated carbocycles. The van der Waals surface area contributed by atoms with Gasteiger partial charge in [-0.15, -0.1) is 0 Å². The molecule has 0 fully saturated rings. The second-order valence-electron chi connectivity index (χ2n) is 5.56. The van der Waals surface area contributed by atoms with E-state index in [4.69, 9.17) is 0 Å². The fourth-order valence-corrected chi connectivity index (χ4v) is 3.05. The summed E-state index contributed by atoms with van der Waals surface area (Å²) in [7, 11) is 1.75. The molecule has 22 heavy (non-hydrogen) atoms. The molecule has 3 rings (SSSR count). The summed E-state index contributed by atoms with van der Waals surface area (Å²) >= 11 is 0. The lowest BCUT2D eigenvalue weighted by Gasteiger charge is -2.18. The molecule has 6 nitrogen and oxygen atoms in total. The number of benzene rings is 1. The molecule has 0 radical (unpaired) electrons. The molecule has 1 aromatic carbocycles. The molecule has 0 N–H and O–H groups in total. The minimum absolute atomic E-state index is 0.0990. The Morgan fingerprint density at radius 3 is 2.68 bits per heavy atom. The van der Waals surface area contributed by atoms with Gasteiger partial charge in [-0.1, -0.05) is 30.3 Å². The average Bonchev–Trinajstić information content (AvgIpc) is 3.03. The standard InChI is InChI=1S/C16H18N4O2/c1-11-6-4-5-7-14(11)13-8-9-19(10-13)16-15(20(21)22)12(2)17-18(16)3/h4-8H,9-10H2,1-3H3. The van der Waals surface area contributed by atoms with Crippen molar-refractivity contribution in [3.05, 3.63) is 57.3 Å². The zero-order valence-corrected chi connectivity index (χ0v) is 12.9. The Labute approximate surface area is 128 Å². The zero-order valence-electron chi connectivity index (χ0n) is 12.9. The third-order valence-electron chi connectivity index (χ3n) is 4.05.